The molecule has 0 spiro atoms. The summed E-state index contributed by atoms with van der Waals surface area (Å²) in [6.45, 7) is 8.35. The van der Waals surface area contributed by atoms with Crippen molar-refractivity contribution in [3.8, 4) is 0 Å². The van der Waals surface area contributed by atoms with E-state index < -0.39 is 6.04 Å². The number of esters is 2. The quantitative estimate of drug-likeness (QED) is 0.0949. The van der Waals surface area contributed by atoms with E-state index in [9.17, 15) is 14.4 Å². The van der Waals surface area contributed by atoms with E-state index in [1.54, 1.807) is 0 Å². The molecule has 1 saturated heterocycles. The van der Waals surface area contributed by atoms with Gasteiger partial charge in [-0.3, -0.25) is 9.59 Å². The van der Waals surface area contributed by atoms with Gasteiger partial charge in [-0.2, -0.15) is 0 Å². The number of carbonyl (C=O) groups excluding carboxylic acids is 3. The van der Waals surface area contributed by atoms with Crippen LogP contribution in [0.4, 0.5) is 0 Å². The Kier molecular flexibility index (Phi) is 17.6. The number of cyclic esters (lactones) is 1. The molecule has 0 bridgehead atoms. The number of ether oxygens (including phenoxy) is 2. The third-order valence-corrected chi connectivity index (χ3v) is 7.51. The smallest absolute Gasteiger partial charge is 0.329 e. The highest BCUT2D eigenvalue weighted by Gasteiger charge is 2.43. The van der Waals surface area contributed by atoms with Crippen molar-refractivity contribution in [2.45, 2.75) is 155 Å². The summed E-state index contributed by atoms with van der Waals surface area (Å²) in [6, 6.07) is -0.642. The van der Waals surface area contributed by atoms with Gasteiger partial charge in [-0.05, 0) is 25.2 Å². The first kappa shape index (κ1) is 31.4. The Bertz CT molecular complexity index is 581. The Morgan fingerprint density at radius 2 is 1.51 bits per heavy atom. The molecule has 1 rings (SSSR count). The molecule has 1 fully saturated rings. The van der Waals surface area contributed by atoms with Crippen LogP contribution in [0.5, 0.6) is 0 Å². The second kappa shape index (κ2) is 19.6. The van der Waals surface area contributed by atoms with Crippen LogP contribution in [0.3, 0.4) is 0 Å². The lowest BCUT2D eigenvalue weighted by Gasteiger charge is -2.37. The van der Waals surface area contributed by atoms with Gasteiger partial charge in [0.25, 0.3) is 0 Å². The van der Waals surface area contributed by atoms with Gasteiger partial charge in [0.15, 0.2) is 0 Å². The summed E-state index contributed by atoms with van der Waals surface area (Å²) < 4.78 is 11.4. The lowest BCUT2D eigenvalue weighted by atomic mass is 9.86. The molecule has 1 aliphatic heterocycles. The number of amides is 1. The molecule has 0 aromatic heterocycles. The molecule has 6 heteroatoms. The van der Waals surface area contributed by atoms with Crippen molar-refractivity contribution in [1.29, 1.82) is 0 Å². The fourth-order valence-corrected chi connectivity index (χ4v) is 4.88. The number of nitrogens with one attached hydrogen (secondary N) is 1. The van der Waals surface area contributed by atoms with Gasteiger partial charge in [0.1, 0.15) is 18.2 Å². The Hall–Kier alpha value is -1.59. The van der Waals surface area contributed by atoms with Crippen molar-refractivity contribution in [2.24, 2.45) is 11.8 Å². The van der Waals surface area contributed by atoms with Crippen LogP contribution in [-0.4, -0.2) is 36.6 Å². The molecule has 35 heavy (non-hydrogen) atoms. The van der Waals surface area contributed by atoms with Gasteiger partial charge in [0.2, 0.25) is 6.41 Å². The van der Waals surface area contributed by atoms with Crippen LogP contribution in [0.1, 0.15) is 137 Å². The molecular formula is C29H53NO5. The summed E-state index contributed by atoms with van der Waals surface area (Å²) in [5.74, 6) is -0.569. The second-order valence-electron chi connectivity index (χ2n) is 10.5. The minimum atomic E-state index is -0.642. The molecule has 0 unspecified atom stereocenters. The molecule has 204 valence electrons. The highest BCUT2D eigenvalue weighted by atomic mass is 16.6. The van der Waals surface area contributed by atoms with Crippen LogP contribution in [0, 0.1) is 11.8 Å². The summed E-state index contributed by atoms with van der Waals surface area (Å²) in [7, 11) is 0. The maximum atomic E-state index is 12.9. The van der Waals surface area contributed by atoms with Crippen molar-refractivity contribution in [3.05, 3.63) is 0 Å². The highest BCUT2D eigenvalue weighted by Crippen LogP contribution is 2.33. The number of unbranched alkanes of at least 4 members (excludes halogenated alkanes) is 11. The van der Waals surface area contributed by atoms with E-state index in [4.69, 9.17) is 9.47 Å². The van der Waals surface area contributed by atoms with E-state index in [-0.39, 0.29) is 36.0 Å². The van der Waals surface area contributed by atoms with E-state index in [1.807, 2.05) is 13.8 Å². The maximum Gasteiger partial charge on any atom is 0.329 e. The first-order valence-corrected chi connectivity index (χ1v) is 14.6. The summed E-state index contributed by atoms with van der Waals surface area (Å²) >= 11 is 0. The molecular weight excluding hydrogens is 442 g/mol. The number of rotatable bonds is 23. The minimum Gasteiger partial charge on any atom is -0.461 e. The van der Waals surface area contributed by atoms with Crippen molar-refractivity contribution >= 4 is 18.3 Å². The third-order valence-electron chi connectivity index (χ3n) is 7.51. The molecule has 1 amide bonds. The van der Waals surface area contributed by atoms with Crippen LogP contribution in [0.15, 0.2) is 0 Å². The molecule has 1 heterocycles. The van der Waals surface area contributed by atoms with Crippen LogP contribution in [0.2, 0.25) is 0 Å². The first-order valence-electron chi connectivity index (χ1n) is 14.6. The maximum absolute atomic E-state index is 12.9. The molecule has 0 radical (unpaired) electrons. The third kappa shape index (κ3) is 12.8. The monoisotopic (exact) mass is 495 g/mol. The molecule has 0 aliphatic carbocycles. The largest absolute Gasteiger partial charge is 0.461 e. The molecule has 1 aliphatic rings. The summed E-state index contributed by atoms with van der Waals surface area (Å²) in [4.78, 5) is 36.1. The van der Waals surface area contributed by atoms with Gasteiger partial charge in [-0.1, -0.05) is 111 Å². The predicted octanol–water partition coefficient (Wildman–Crippen LogP) is 6.88. The molecule has 0 saturated carbocycles. The van der Waals surface area contributed by atoms with Gasteiger partial charge in [-0.15, -0.1) is 0 Å². The van der Waals surface area contributed by atoms with Crippen molar-refractivity contribution in [3.63, 3.8) is 0 Å². The van der Waals surface area contributed by atoms with Gasteiger partial charge in [0.05, 0.1) is 5.92 Å². The van der Waals surface area contributed by atoms with Crippen LogP contribution < -0.4 is 5.32 Å². The van der Waals surface area contributed by atoms with Gasteiger partial charge >= 0.3 is 11.9 Å². The van der Waals surface area contributed by atoms with E-state index in [0.717, 1.165) is 44.9 Å². The van der Waals surface area contributed by atoms with Crippen LogP contribution >= 0.6 is 0 Å². The van der Waals surface area contributed by atoms with Gasteiger partial charge in [0, 0.05) is 6.42 Å². The molecule has 5 atom stereocenters. The lowest BCUT2D eigenvalue weighted by Crippen LogP contribution is -2.48. The minimum absolute atomic E-state index is 0.00565. The second-order valence-corrected chi connectivity index (χ2v) is 10.5. The molecule has 0 aromatic rings. The molecule has 1 N–H and O–H groups in total. The first-order chi connectivity index (χ1) is 17.0. The van der Waals surface area contributed by atoms with E-state index in [0.29, 0.717) is 12.8 Å². The van der Waals surface area contributed by atoms with Crippen molar-refractivity contribution < 1.29 is 23.9 Å². The fraction of sp³-hybridized carbons (Fsp3) is 0.897. The molecule has 6 nitrogen and oxygen atoms in total. The van der Waals surface area contributed by atoms with Crippen molar-refractivity contribution in [1.82, 2.24) is 5.32 Å². The van der Waals surface area contributed by atoms with E-state index >= 15 is 0 Å². The summed E-state index contributed by atoms with van der Waals surface area (Å²) in [6.07, 6.45) is 18.7. The average Bonchev–Trinajstić information content (AvgIpc) is 2.85. The van der Waals surface area contributed by atoms with Crippen LogP contribution in [0.25, 0.3) is 0 Å². The summed E-state index contributed by atoms with van der Waals surface area (Å²) in [5.41, 5.74) is 0. The zero-order chi connectivity index (χ0) is 25.9. The number of carbonyl (C=O) groups is 3. The standard InChI is InChI=1S/C29H53NO5/c1-5-8-10-12-13-14-15-16-17-19-24(34-29(33)27(30-22-31)23(4)7-3)21-26-25(28(32)35-26)20-18-11-9-6-2/h22-27H,5-21H2,1-4H3,(H,30,31)/t23-,24+,25+,26+,27+/m1/s1. The van der Waals surface area contributed by atoms with Crippen LogP contribution in [-0.2, 0) is 23.9 Å². The predicted molar refractivity (Wildman–Crippen MR) is 141 cm³/mol. The zero-order valence-electron chi connectivity index (χ0n) is 23.0. The highest BCUT2D eigenvalue weighted by molar-refractivity contribution is 5.79. The Balaban J connectivity index is 2.60. The topological polar surface area (TPSA) is 81.7 Å². The normalized spacial score (nSPS) is 19.8. The Labute approximate surface area is 214 Å². The molecule has 0 aromatic carbocycles. The lowest BCUT2D eigenvalue weighted by molar-refractivity contribution is -0.190. The SMILES string of the molecule is CCCCCCCCCCC[C@@H](C[C@@H]1OC(=O)[C@H]1CCCCCC)OC(=O)[C@@H](NC=O)[C@H](C)CC. The Morgan fingerprint density at radius 3 is 2.06 bits per heavy atom. The summed E-state index contributed by atoms with van der Waals surface area (Å²) in [5, 5.41) is 2.64. The number of hydrogen-bond acceptors (Lipinski definition) is 5. The van der Waals surface area contributed by atoms with Gasteiger partial charge in [-0.25, -0.2) is 4.79 Å². The number of hydrogen-bond donors (Lipinski definition) is 1. The van der Waals surface area contributed by atoms with Gasteiger partial charge < -0.3 is 14.8 Å². The van der Waals surface area contributed by atoms with Crippen molar-refractivity contribution in [2.75, 3.05) is 0 Å². The fourth-order valence-electron chi connectivity index (χ4n) is 4.88. The van der Waals surface area contributed by atoms with E-state index in [1.165, 1.54) is 57.8 Å². The average molecular weight is 496 g/mol. The van der Waals surface area contributed by atoms with E-state index in [2.05, 4.69) is 19.2 Å². The zero-order valence-corrected chi connectivity index (χ0v) is 23.0. The Morgan fingerprint density at radius 1 is 0.943 bits per heavy atom.